The van der Waals surface area contributed by atoms with Crippen LogP contribution >= 0.6 is 12.4 Å². The molecule has 6 heteroatoms. The van der Waals surface area contributed by atoms with E-state index in [1.165, 1.54) is 6.42 Å². The van der Waals surface area contributed by atoms with Crippen LogP contribution in [0.4, 0.5) is 0 Å². The second-order valence-electron chi connectivity index (χ2n) is 4.96. The highest BCUT2D eigenvalue weighted by Crippen LogP contribution is 2.32. The number of nitrogens with one attached hydrogen (secondary N) is 2. The predicted molar refractivity (Wildman–Crippen MR) is 77.6 cm³/mol. The lowest BCUT2D eigenvalue weighted by Gasteiger charge is -2.11. The van der Waals surface area contributed by atoms with Crippen LogP contribution in [0.5, 0.6) is 11.5 Å². The highest BCUT2D eigenvalue weighted by atomic mass is 35.5. The summed E-state index contributed by atoms with van der Waals surface area (Å²) in [6.07, 6.45) is 2.72. The van der Waals surface area contributed by atoms with Crippen molar-refractivity contribution in [1.29, 1.82) is 0 Å². The highest BCUT2D eigenvalue weighted by Gasteiger charge is 2.16. The van der Waals surface area contributed by atoms with Crippen LogP contribution in [-0.2, 0) is 11.2 Å². The molecule has 0 saturated carbocycles. The molecule has 2 aliphatic heterocycles. The van der Waals surface area contributed by atoms with Gasteiger partial charge in [0.25, 0.3) is 0 Å². The molecule has 1 saturated heterocycles. The Hall–Kier alpha value is -1.46. The third-order valence-corrected chi connectivity index (χ3v) is 3.51. The van der Waals surface area contributed by atoms with Crippen molar-refractivity contribution in [3.8, 4) is 11.5 Å². The summed E-state index contributed by atoms with van der Waals surface area (Å²) in [6, 6.07) is 6.06. The van der Waals surface area contributed by atoms with E-state index >= 15 is 0 Å². The molecule has 0 spiro atoms. The van der Waals surface area contributed by atoms with Gasteiger partial charge in [-0.25, -0.2) is 0 Å². The number of hydrogen-bond acceptors (Lipinski definition) is 4. The third kappa shape index (κ3) is 3.55. The molecule has 1 unspecified atom stereocenters. The van der Waals surface area contributed by atoms with E-state index in [2.05, 4.69) is 10.6 Å². The lowest BCUT2D eigenvalue weighted by Crippen LogP contribution is -2.37. The van der Waals surface area contributed by atoms with Crippen molar-refractivity contribution in [2.45, 2.75) is 25.3 Å². The van der Waals surface area contributed by atoms with Crippen LogP contribution in [0.3, 0.4) is 0 Å². The Morgan fingerprint density at radius 1 is 1.35 bits per heavy atom. The zero-order valence-corrected chi connectivity index (χ0v) is 12.0. The minimum atomic E-state index is 0. The number of benzene rings is 1. The number of carbonyl (C=O) groups excluding carboxylic acids is 1. The zero-order valence-electron chi connectivity index (χ0n) is 11.2. The van der Waals surface area contributed by atoms with Crippen LogP contribution in [0, 0.1) is 0 Å². The second-order valence-corrected chi connectivity index (χ2v) is 4.96. The molecule has 1 atom stereocenters. The number of halogens is 1. The Kier molecular flexibility index (Phi) is 5.09. The van der Waals surface area contributed by atoms with Crippen molar-refractivity contribution >= 4 is 18.3 Å². The molecular formula is C14H19ClN2O3. The van der Waals surface area contributed by atoms with Crippen LogP contribution in [0.1, 0.15) is 18.4 Å². The molecule has 5 nitrogen and oxygen atoms in total. The van der Waals surface area contributed by atoms with Crippen LogP contribution in [0.15, 0.2) is 18.2 Å². The van der Waals surface area contributed by atoms with E-state index in [0.717, 1.165) is 30.0 Å². The molecule has 110 valence electrons. The SMILES string of the molecule is Cl.O=C(Cc1ccc2c(c1)OCO2)NCC1CCCN1. The second kappa shape index (κ2) is 6.81. The summed E-state index contributed by atoms with van der Waals surface area (Å²) >= 11 is 0. The lowest BCUT2D eigenvalue weighted by atomic mass is 10.1. The number of hydrogen-bond donors (Lipinski definition) is 2. The maximum Gasteiger partial charge on any atom is 0.231 e. The van der Waals surface area contributed by atoms with Gasteiger partial charge in [-0.1, -0.05) is 6.07 Å². The standard InChI is InChI=1S/C14H18N2O3.ClH/c17-14(16-8-11-2-1-5-15-11)7-10-3-4-12-13(6-10)19-9-18-12;/h3-4,6,11,15H,1-2,5,7-9H2,(H,16,17);1H. The van der Waals surface area contributed by atoms with E-state index in [1.54, 1.807) is 0 Å². The first-order chi connectivity index (χ1) is 9.31. The Balaban J connectivity index is 0.00000147. The number of fused-ring (bicyclic) bond motifs is 1. The van der Waals surface area contributed by atoms with E-state index in [0.29, 0.717) is 19.0 Å². The van der Waals surface area contributed by atoms with Gasteiger partial charge < -0.3 is 20.1 Å². The molecule has 2 aliphatic rings. The van der Waals surface area contributed by atoms with Gasteiger partial charge in [-0.05, 0) is 37.1 Å². The fraction of sp³-hybridized carbons (Fsp3) is 0.500. The van der Waals surface area contributed by atoms with E-state index in [1.807, 2.05) is 18.2 Å². The largest absolute Gasteiger partial charge is 0.454 e. The molecular weight excluding hydrogens is 280 g/mol. The van der Waals surface area contributed by atoms with Gasteiger partial charge in [0, 0.05) is 12.6 Å². The molecule has 0 radical (unpaired) electrons. The van der Waals surface area contributed by atoms with Gasteiger partial charge in [-0.2, -0.15) is 0 Å². The molecule has 0 aliphatic carbocycles. The fourth-order valence-electron chi connectivity index (χ4n) is 2.47. The lowest BCUT2D eigenvalue weighted by molar-refractivity contribution is -0.120. The van der Waals surface area contributed by atoms with Crippen LogP contribution in [0.2, 0.25) is 0 Å². The minimum absolute atomic E-state index is 0. The monoisotopic (exact) mass is 298 g/mol. The molecule has 20 heavy (non-hydrogen) atoms. The Morgan fingerprint density at radius 3 is 3.00 bits per heavy atom. The number of amides is 1. The first-order valence-electron chi connectivity index (χ1n) is 6.70. The fourth-order valence-corrected chi connectivity index (χ4v) is 2.47. The summed E-state index contributed by atoms with van der Waals surface area (Å²) in [6.45, 7) is 2.03. The normalized spacial score (nSPS) is 19.5. The Morgan fingerprint density at radius 2 is 2.20 bits per heavy atom. The number of rotatable bonds is 4. The van der Waals surface area contributed by atoms with Gasteiger partial charge in [-0.3, -0.25) is 4.79 Å². The summed E-state index contributed by atoms with van der Waals surface area (Å²) in [7, 11) is 0. The van der Waals surface area contributed by atoms with Gasteiger partial charge in [0.2, 0.25) is 12.7 Å². The van der Waals surface area contributed by atoms with Crippen LogP contribution < -0.4 is 20.1 Å². The van der Waals surface area contributed by atoms with Gasteiger partial charge in [-0.15, -0.1) is 12.4 Å². The van der Waals surface area contributed by atoms with E-state index in [9.17, 15) is 4.79 Å². The molecule has 1 amide bonds. The quantitative estimate of drug-likeness (QED) is 0.878. The first kappa shape index (κ1) is 14.9. The number of carbonyl (C=O) groups is 1. The highest BCUT2D eigenvalue weighted by molar-refractivity contribution is 5.85. The maximum absolute atomic E-state index is 11.9. The molecule has 2 N–H and O–H groups in total. The summed E-state index contributed by atoms with van der Waals surface area (Å²) in [5.41, 5.74) is 0.945. The number of ether oxygens (including phenoxy) is 2. The average molecular weight is 299 g/mol. The summed E-state index contributed by atoms with van der Waals surface area (Å²) in [4.78, 5) is 11.9. The molecule has 0 aromatic heterocycles. The molecule has 1 aromatic carbocycles. The summed E-state index contributed by atoms with van der Waals surface area (Å²) in [5.74, 6) is 1.52. The molecule has 0 bridgehead atoms. The van der Waals surface area contributed by atoms with Crippen molar-refractivity contribution < 1.29 is 14.3 Å². The minimum Gasteiger partial charge on any atom is -0.454 e. The molecule has 2 heterocycles. The van der Waals surface area contributed by atoms with Gasteiger partial charge >= 0.3 is 0 Å². The van der Waals surface area contributed by atoms with Gasteiger partial charge in [0.05, 0.1) is 6.42 Å². The molecule has 1 aromatic rings. The summed E-state index contributed by atoms with van der Waals surface area (Å²) < 4.78 is 10.5. The maximum atomic E-state index is 11.9. The average Bonchev–Trinajstić information content (AvgIpc) is 3.07. The van der Waals surface area contributed by atoms with Crippen molar-refractivity contribution in [2.75, 3.05) is 19.9 Å². The van der Waals surface area contributed by atoms with Gasteiger partial charge in [0.15, 0.2) is 11.5 Å². The first-order valence-corrected chi connectivity index (χ1v) is 6.70. The van der Waals surface area contributed by atoms with E-state index < -0.39 is 0 Å². The van der Waals surface area contributed by atoms with E-state index in [4.69, 9.17) is 9.47 Å². The summed E-state index contributed by atoms with van der Waals surface area (Å²) in [5, 5.41) is 6.33. The predicted octanol–water partition coefficient (Wildman–Crippen LogP) is 1.25. The third-order valence-electron chi connectivity index (χ3n) is 3.51. The van der Waals surface area contributed by atoms with Crippen molar-refractivity contribution in [2.24, 2.45) is 0 Å². The molecule has 3 rings (SSSR count). The van der Waals surface area contributed by atoms with Crippen molar-refractivity contribution in [1.82, 2.24) is 10.6 Å². The molecule has 1 fully saturated rings. The smallest absolute Gasteiger partial charge is 0.231 e. The Labute approximate surface area is 124 Å². The van der Waals surface area contributed by atoms with Crippen LogP contribution in [0.25, 0.3) is 0 Å². The van der Waals surface area contributed by atoms with Crippen molar-refractivity contribution in [3.05, 3.63) is 23.8 Å². The van der Waals surface area contributed by atoms with Gasteiger partial charge in [0.1, 0.15) is 0 Å². The topological polar surface area (TPSA) is 59.6 Å². The van der Waals surface area contributed by atoms with Crippen molar-refractivity contribution in [3.63, 3.8) is 0 Å². The Bertz CT molecular complexity index is 475. The zero-order chi connectivity index (χ0) is 13.1. The van der Waals surface area contributed by atoms with E-state index in [-0.39, 0.29) is 25.1 Å². The van der Waals surface area contributed by atoms with Crippen LogP contribution in [-0.4, -0.2) is 31.8 Å².